The zero-order valence-corrected chi connectivity index (χ0v) is 11.6. The van der Waals surface area contributed by atoms with Gasteiger partial charge in [-0.1, -0.05) is 18.2 Å². The number of anilines is 1. The van der Waals surface area contributed by atoms with Crippen LogP contribution in [0.2, 0.25) is 0 Å². The van der Waals surface area contributed by atoms with Gasteiger partial charge < -0.3 is 15.4 Å². The number of methoxy groups -OCH3 is 1. The van der Waals surface area contributed by atoms with Crippen molar-refractivity contribution in [2.24, 2.45) is 0 Å². The molecule has 0 unspecified atom stereocenters. The first-order valence-corrected chi connectivity index (χ1v) is 6.43. The minimum atomic E-state index is -0.454. The van der Waals surface area contributed by atoms with Gasteiger partial charge in [-0.3, -0.25) is 4.79 Å². The number of ether oxygens (including phenoxy) is 1. The Kier molecular flexibility index (Phi) is 5.22. The van der Waals surface area contributed by atoms with E-state index in [2.05, 4.69) is 15.6 Å². The van der Waals surface area contributed by atoms with E-state index < -0.39 is 5.82 Å². The molecule has 0 radical (unpaired) electrons. The summed E-state index contributed by atoms with van der Waals surface area (Å²) in [6.45, 7) is 0.571. The maximum Gasteiger partial charge on any atom is 0.238 e. The molecule has 1 aromatic carbocycles. The van der Waals surface area contributed by atoms with E-state index in [1.54, 1.807) is 31.5 Å². The Labute approximate surface area is 122 Å². The first-order chi connectivity index (χ1) is 10.2. The molecule has 0 saturated carbocycles. The molecule has 21 heavy (non-hydrogen) atoms. The van der Waals surface area contributed by atoms with Gasteiger partial charge in [-0.2, -0.15) is 0 Å². The van der Waals surface area contributed by atoms with Gasteiger partial charge in [-0.05, 0) is 17.7 Å². The molecule has 1 heterocycles. The molecule has 0 aliphatic carbocycles. The molecule has 0 aliphatic heterocycles. The summed E-state index contributed by atoms with van der Waals surface area (Å²) in [6.07, 6.45) is 1.67. The summed E-state index contributed by atoms with van der Waals surface area (Å²) in [6, 6.07) is 9.64. The van der Waals surface area contributed by atoms with Crippen LogP contribution in [-0.4, -0.2) is 24.5 Å². The van der Waals surface area contributed by atoms with Gasteiger partial charge in [0.2, 0.25) is 11.8 Å². The molecule has 0 atom stereocenters. The van der Waals surface area contributed by atoms with Crippen molar-refractivity contribution >= 4 is 11.6 Å². The molecule has 2 rings (SSSR count). The van der Waals surface area contributed by atoms with E-state index in [1.807, 2.05) is 6.07 Å². The zero-order chi connectivity index (χ0) is 15.1. The first-order valence-electron chi connectivity index (χ1n) is 6.43. The number of aromatic nitrogens is 1. The summed E-state index contributed by atoms with van der Waals surface area (Å²) >= 11 is 0. The van der Waals surface area contributed by atoms with Crippen LogP contribution in [0.1, 0.15) is 5.56 Å². The van der Waals surface area contributed by atoms with Crippen LogP contribution in [0.5, 0.6) is 5.88 Å². The van der Waals surface area contributed by atoms with Gasteiger partial charge in [0.05, 0.1) is 19.3 Å². The Morgan fingerprint density at radius 3 is 2.76 bits per heavy atom. The summed E-state index contributed by atoms with van der Waals surface area (Å²) in [5.41, 5.74) is 1.10. The van der Waals surface area contributed by atoms with Gasteiger partial charge in [0.1, 0.15) is 5.82 Å². The molecule has 0 aliphatic rings. The standard InChI is InChI=1S/C15H16FN3O2/c1-21-15-7-6-11(9-18-15)8-17-10-14(20)19-13-5-3-2-4-12(13)16/h2-7,9,17H,8,10H2,1H3,(H,19,20). The Balaban J connectivity index is 1.77. The predicted molar refractivity (Wildman–Crippen MR) is 77.5 cm³/mol. The van der Waals surface area contributed by atoms with Gasteiger partial charge >= 0.3 is 0 Å². The van der Waals surface area contributed by atoms with Crippen LogP contribution in [0.4, 0.5) is 10.1 Å². The number of hydrogen-bond donors (Lipinski definition) is 2. The van der Waals surface area contributed by atoms with Crippen LogP contribution in [0.15, 0.2) is 42.6 Å². The van der Waals surface area contributed by atoms with E-state index in [0.29, 0.717) is 12.4 Å². The van der Waals surface area contributed by atoms with Crippen molar-refractivity contribution in [2.75, 3.05) is 19.0 Å². The third-order valence-corrected chi connectivity index (χ3v) is 2.77. The number of rotatable bonds is 6. The average Bonchev–Trinajstić information content (AvgIpc) is 2.50. The lowest BCUT2D eigenvalue weighted by atomic mass is 10.3. The van der Waals surface area contributed by atoms with Gasteiger partial charge in [0, 0.05) is 18.8 Å². The Morgan fingerprint density at radius 2 is 2.10 bits per heavy atom. The number of benzene rings is 1. The van der Waals surface area contributed by atoms with Crippen molar-refractivity contribution < 1.29 is 13.9 Å². The third kappa shape index (κ3) is 4.54. The topological polar surface area (TPSA) is 63.2 Å². The van der Waals surface area contributed by atoms with Crippen LogP contribution >= 0.6 is 0 Å². The smallest absolute Gasteiger partial charge is 0.238 e. The van der Waals surface area contributed by atoms with Gasteiger partial charge in [0.25, 0.3) is 0 Å². The van der Waals surface area contributed by atoms with E-state index in [0.717, 1.165) is 5.56 Å². The maximum atomic E-state index is 13.4. The fourth-order valence-corrected chi connectivity index (χ4v) is 1.71. The number of hydrogen-bond acceptors (Lipinski definition) is 4. The highest BCUT2D eigenvalue weighted by Crippen LogP contribution is 2.11. The molecular formula is C15H16FN3O2. The van der Waals surface area contributed by atoms with E-state index >= 15 is 0 Å². The number of nitrogens with zero attached hydrogens (tertiary/aromatic N) is 1. The number of pyridine rings is 1. The molecule has 5 nitrogen and oxygen atoms in total. The number of amides is 1. The first kappa shape index (κ1) is 14.9. The number of nitrogens with one attached hydrogen (secondary N) is 2. The van der Waals surface area contributed by atoms with Crippen LogP contribution < -0.4 is 15.4 Å². The molecule has 2 aromatic rings. The van der Waals surface area contributed by atoms with Crippen LogP contribution in [-0.2, 0) is 11.3 Å². The van der Waals surface area contributed by atoms with Crippen LogP contribution in [0.3, 0.4) is 0 Å². The highest BCUT2D eigenvalue weighted by molar-refractivity contribution is 5.92. The Bertz CT molecular complexity index is 602. The second-order valence-corrected chi connectivity index (χ2v) is 4.34. The summed E-state index contributed by atoms with van der Waals surface area (Å²) in [7, 11) is 1.55. The SMILES string of the molecule is COc1ccc(CNCC(=O)Nc2ccccc2F)cn1. The number of carbonyl (C=O) groups excluding carboxylic acids is 1. The van der Waals surface area contributed by atoms with Gasteiger partial charge in [-0.25, -0.2) is 9.37 Å². The molecule has 0 fully saturated rings. The largest absolute Gasteiger partial charge is 0.481 e. The molecule has 1 amide bonds. The fraction of sp³-hybridized carbons (Fsp3) is 0.200. The molecule has 2 N–H and O–H groups in total. The normalized spacial score (nSPS) is 10.2. The maximum absolute atomic E-state index is 13.4. The molecule has 1 aromatic heterocycles. The molecule has 0 bridgehead atoms. The summed E-state index contributed by atoms with van der Waals surface area (Å²) in [5.74, 6) is -0.220. The zero-order valence-electron chi connectivity index (χ0n) is 11.6. The van der Waals surface area contributed by atoms with Crippen molar-refractivity contribution in [3.05, 3.63) is 54.0 Å². The van der Waals surface area contributed by atoms with Crippen LogP contribution in [0.25, 0.3) is 0 Å². The monoisotopic (exact) mass is 289 g/mol. The summed E-state index contributed by atoms with van der Waals surface area (Å²) in [4.78, 5) is 15.7. The lowest BCUT2D eigenvalue weighted by Gasteiger charge is -2.07. The quantitative estimate of drug-likeness (QED) is 0.853. The molecular weight excluding hydrogens is 273 g/mol. The number of halogens is 1. The van der Waals surface area contributed by atoms with E-state index in [9.17, 15) is 9.18 Å². The fourth-order valence-electron chi connectivity index (χ4n) is 1.71. The molecule has 0 spiro atoms. The van der Waals surface area contributed by atoms with Crippen molar-refractivity contribution in [2.45, 2.75) is 6.54 Å². The van der Waals surface area contributed by atoms with Crippen molar-refractivity contribution in [1.82, 2.24) is 10.3 Å². The van der Waals surface area contributed by atoms with Crippen molar-refractivity contribution in [3.63, 3.8) is 0 Å². The summed E-state index contributed by atoms with van der Waals surface area (Å²) in [5, 5.41) is 5.47. The Morgan fingerprint density at radius 1 is 1.29 bits per heavy atom. The number of carbonyl (C=O) groups is 1. The van der Waals surface area contributed by atoms with Gasteiger partial charge in [-0.15, -0.1) is 0 Å². The molecule has 110 valence electrons. The van der Waals surface area contributed by atoms with E-state index in [1.165, 1.54) is 12.1 Å². The highest BCUT2D eigenvalue weighted by atomic mass is 19.1. The van der Waals surface area contributed by atoms with Crippen LogP contribution in [0, 0.1) is 5.82 Å². The highest BCUT2D eigenvalue weighted by Gasteiger charge is 2.05. The number of para-hydroxylation sites is 1. The minimum absolute atomic E-state index is 0.0837. The van der Waals surface area contributed by atoms with E-state index in [4.69, 9.17) is 4.74 Å². The second-order valence-electron chi connectivity index (χ2n) is 4.34. The summed E-state index contributed by atoms with van der Waals surface area (Å²) < 4.78 is 18.3. The lowest BCUT2D eigenvalue weighted by molar-refractivity contribution is -0.115. The van der Waals surface area contributed by atoms with Crippen molar-refractivity contribution in [3.8, 4) is 5.88 Å². The predicted octanol–water partition coefficient (Wildman–Crippen LogP) is 1.96. The van der Waals surface area contributed by atoms with E-state index in [-0.39, 0.29) is 18.1 Å². The Hall–Kier alpha value is -2.47. The van der Waals surface area contributed by atoms with Gasteiger partial charge in [0.15, 0.2) is 0 Å². The third-order valence-electron chi connectivity index (χ3n) is 2.77. The minimum Gasteiger partial charge on any atom is -0.481 e. The molecule has 0 saturated heterocycles. The second kappa shape index (κ2) is 7.35. The van der Waals surface area contributed by atoms with Crippen molar-refractivity contribution in [1.29, 1.82) is 0 Å². The lowest BCUT2D eigenvalue weighted by Crippen LogP contribution is -2.28. The average molecular weight is 289 g/mol. The molecule has 6 heteroatoms.